The quantitative estimate of drug-likeness (QED) is 0.659. The van der Waals surface area contributed by atoms with Gasteiger partial charge >= 0.3 is 0 Å². The number of nitrogens with zero attached hydrogens (tertiary/aromatic N) is 3. The maximum absolute atomic E-state index is 13.7. The molecule has 0 aliphatic rings. The third kappa shape index (κ3) is 1.64. The van der Waals surface area contributed by atoms with E-state index < -0.39 is 11.6 Å². The van der Waals surface area contributed by atoms with Crippen molar-refractivity contribution in [3.8, 4) is 11.3 Å². The Hall–Kier alpha value is -2.30. The van der Waals surface area contributed by atoms with E-state index in [2.05, 4.69) is 9.97 Å². The fourth-order valence-electron chi connectivity index (χ4n) is 1.88. The van der Waals surface area contributed by atoms with Gasteiger partial charge in [0, 0.05) is 30.2 Å². The summed E-state index contributed by atoms with van der Waals surface area (Å²) in [7, 11) is 0. The molecule has 0 aliphatic heterocycles. The maximum atomic E-state index is 13.7. The Kier molecular flexibility index (Phi) is 2.33. The van der Waals surface area contributed by atoms with Crippen molar-refractivity contribution in [3.63, 3.8) is 0 Å². The smallest absolute Gasteiger partial charge is 0.158 e. The molecule has 0 atom stereocenters. The second kappa shape index (κ2) is 3.87. The van der Waals surface area contributed by atoms with E-state index in [9.17, 15) is 8.78 Å². The lowest BCUT2D eigenvalue weighted by molar-refractivity contribution is 0.585. The summed E-state index contributed by atoms with van der Waals surface area (Å²) in [6, 6.07) is 3.45. The van der Waals surface area contributed by atoms with Gasteiger partial charge in [-0.15, -0.1) is 0 Å². The molecule has 90 valence electrons. The van der Waals surface area contributed by atoms with Crippen molar-refractivity contribution in [3.05, 3.63) is 54.1 Å². The highest BCUT2D eigenvalue weighted by Crippen LogP contribution is 2.23. The molecule has 2 aromatic heterocycles. The molecule has 0 amide bonds. The summed E-state index contributed by atoms with van der Waals surface area (Å²) < 4.78 is 28.3. The van der Waals surface area contributed by atoms with Crippen LogP contribution in [0.25, 0.3) is 16.9 Å². The molecule has 3 aromatic rings. The number of imidazole rings is 1. The van der Waals surface area contributed by atoms with Gasteiger partial charge in [-0.25, -0.2) is 13.8 Å². The van der Waals surface area contributed by atoms with Gasteiger partial charge < -0.3 is 4.40 Å². The summed E-state index contributed by atoms with van der Waals surface area (Å²) in [6.45, 7) is 1.83. The summed E-state index contributed by atoms with van der Waals surface area (Å²) in [5.41, 5.74) is 2.16. The van der Waals surface area contributed by atoms with Gasteiger partial charge in [-0.1, -0.05) is 0 Å². The topological polar surface area (TPSA) is 30.2 Å². The van der Waals surface area contributed by atoms with Crippen LogP contribution in [-0.4, -0.2) is 14.4 Å². The fraction of sp³-hybridized carbons (Fsp3) is 0.0769. The minimum atomic E-state index is -0.621. The third-order valence-corrected chi connectivity index (χ3v) is 2.76. The second-order valence-corrected chi connectivity index (χ2v) is 3.99. The van der Waals surface area contributed by atoms with Crippen molar-refractivity contribution >= 4 is 5.65 Å². The molecule has 5 heteroatoms. The van der Waals surface area contributed by atoms with E-state index in [-0.39, 0.29) is 5.56 Å². The average molecular weight is 245 g/mol. The van der Waals surface area contributed by atoms with E-state index in [0.29, 0.717) is 11.3 Å². The zero-order valence-corrected chi connectivity index (χ0v) is 9.56. The zero-order valence-electron chi connectivity index (χ0n) is 9.56. The lowest BCUT2D eigenvalue weighted by atomic mass is 10.1. The van der Waals surface area contributed by atoms with Gasteiger partial charge in [0.1, 0.15) is 11.6 Å². The highest BCUT2D eigenvalue weighted by Gasteiger charge is 2.11. The number of benzene rings is 1. The Morgan fingerprint density at radius 3 is 2.78 bits per heavy atom. The van der Waals surface area contributed by atoms with E-state index in [0.717, 1.165) is 11.8 Å². The Labute approximate surface area is 102 Å². The van der Waals surface area contributed by atoms with E-state index >= 15 is 0 Å². The lowest BCUT2D eigenvalue weighted by Crippen LogP contribution is -1.88. The van der Waals surface area contributed by atoms with Gasteiger partial charge in [0.2, 0.25) is 0 Å². The van der Waals surface area contributed by atoms with Crippen molar-refractivity contribution in [2.75, 3.05) is 0 Å². The molecule has 0 saturated carbocycles. The highest BCUT2D eigenvalue weighted by molar-refractivity contribution is 5.63. The number of fused-ring (bicyclic) bond motifs is 1. The first-order valence-electron chi connectivity index (χ1n) is 5.41. The van der Waals surface area contributed by atoms with Gasteiger partial charge in [-0.05, 0) is 19.1 Å². The fourth-order valence-corrected chi connectivity index (χ4v) is 1.88. The number of aryl methyl sites for hydroxylation is 1. The Bertz CT molecular complexity index is 734. The average Bonchev–Trinajstić information content (AvgIpc) is 2.74. The van der Waals surface area contributed by atoms with Crippen LogP contribution < -0.4 is 0 Å². The Morgan fingerprint density at radius 1 is 1.22 bits per heavy atom. The maximum Gasteiger partial charge on any atom is 0.158 e. The monoisotopic (exact) mass is 245 g/mol. The Balaban J connectivity index is 2.23. The van der Waals surface area contributed by atoms with Crippen molar-refractivity contribution in [1.82, 2.24) is 14.4 Å². The first kappa shape index (κ1) is 10.8. The number of rotatable bonds is 1. The molecule has 0 aliphatic carbocycles. The molecule has 0 saturated heterocycles. The van der Waals surface area contributed by atoms with Crippen LogP contribution in [0.15, 0.2) is 36.8 Å². The van der Waals surface area contributed by atoms with E-state index in [1.165, 1.54) is 12.1 Å². The minimum Gasteiger partial charge on any atom is -0.303 e. The lowest BCUT2D eigenvalue weighted by Gasteiger charge is -1.98. The van der Waals surface area contributed by atoms with Crippen LogP contribution >= 0.6 is 0 Å². The van der Waals surface area contributed by atoms with Crippen molar-refractivity contribution in [1.29, 1.82) is 0 Å². The molecule has 3 nitrogen and oxygen atoms in total. The SMILES string of the molecule is Cc1nccn2cc(-c3ccc(F)cc3F)nc12. The predicted molar refractivity (Wildman–Crippen MR) is 63.1 cm³/mol. The molecule has 18 heavy (non-hydrogen) atoms. The zero-order chi connectivity index (χ0) is 12.7. The van der Waals surface area contributed by atoms with Crippen LogP contribution in [0.1, 0.15) is 5.69 Å². The molecule has 0 bridgehead atoms. The number of halogens is 2. The van der Waals surface area contributed by atoms with Gasteiger partial charge in [0.25, 0.3) is 0 Å². The molecule has 1 aromatic carbocycles. The summed E-state index contributed by atoms with van der Waals surface area (Å²) >= 11 is 0. The third-order valence-electron chi connectivity index (χ3n) is 2.76. The summed E-state index contributed by atoms with van der Waals surface area (Å²) in [6.07, 6.45) is 5.08. The summed E-state index contributed by atoms with van der Waals surface area (Å²) in [5.74, 6) is -1.22. The van der Waals surface area contributed by atoms with E-state index in [4.69, 9.17) is 0 Å². The highest BCUT2D eigenvalue weighted by atomic mass is 19.1. The van der Waals surface area contributed by atoms with Crippen molar-refractivity contribution < 1.29 is 8.78 Å². The first-order valence-corrected chi connectivity index (χ1v) is 5.41. The van der Waals surface area contributed by atoms with E-state index in [1.807, 2.05) is 6.92 Å². The summed E-state index contributed by atoms with van der Waals surface area (Å²) in [4.78, 5) is 8.42. The van der Waals surface area contributed by atoms with Gasteiger partial charge in [0.15, 0.2) is 5.65 Å². The van der Waals surface area contributed by atoms with Crippen LogP contribution in [0, 0.1) is 18.6 Å². The van der Waals surface area contributed by atoms with Gasteiger partial charge in [-0.3, -0.25) is 4.98 Å². The number of hydrogen-bond acceptors (Lipinski definition) is 2. The molecule has 0 unspecified atom stereocenters. The molecular weight excluding hydrogens is 236 g/mol. The van der Waals surface area contributed by atoms with Crippen molar-refractivity contribution in [2.45, 2.75) is 6.92 Å². The van der Waals surface area contributed by atoms with Gasteiger partial charge in [0.05, 0.1) is 11.4 Å². The van der Waals surface area contributed by atoms with E-state index in [1.54, 1.807) is 23.0 Å². The Morgan fingerprint density at radius 2 is 2.06 bits per heavy atom. The minimum absolute atomic E-state index is 0.277. The number of aromatic nitrogens is 3. The van der Waals surface area contributed by atoms with Crippen LogP contribution in [0.2, 0.25) is 0 Å². The largest absolute Gasteiger partial charge is 0.303 e. The molecule has 3 rings (SSSR count). The predicted octanol–water partition coefficient (Wildman–Crippen LogP) is 2.98. The molecular formula is C13H9F2N3. The summed E-state index contributed by atoms with van der Waals surface area (Å²) in [5, 5.41) is 0. The second-order valence-electron chi connectivity index (χ2n) is 3.99. The number of hydrogen-bond donors (Lipinski definition) is 0. The molecule has 0 N–H and O–H groups in total. The van der Waals surface area contributed by atoms with Crippen LogP contribution in [0.3, 0.4) is 0 Å². The van der Waals surface area contributed by atoms with Crippen molar-refractivity contribution in [2.24, 2.45) is 0 Å². The van der Waals surface area contributed by atoms with Crippen LogP contribution in [0.5, 0.6) is 0 Å². The molecule has 0 radical (unpaired) electrons. The normalized spacial score (nSPS) is 11.1. The molecule has 2 heterocycles. The standard InChI is InChI=1S/C13H9F2N3/c1-8-13-17-12(7-18(13)5-4-16-8)10-3-2-9(14)6-11(10)15/h2-7H,1H3. The van der Waals surface area contributed by atoms with Crippen LogP contribution in [-0.2, 0) is 0 Å². The first-order chi connectivity index (χ1) is 8.65. The van der Waals surface area contributed by atoms with Gasteiger partial charge in [-0.2, -0.15) is 0 Å². The van der Waals surface area contributed by atoms with Crippen LogP contribution in [0.4, 0.5) is 8.78 Å². The molecule has 0 fully saturated rings. The molecule has 0 spiro atoms.